The summed E-state index contributed by atoms with van der Waals surface area (Å²) in [6, 6.07) is 22.8. The summed E-state index contributed by atoms with van der Waals surface area (Å²) in [6.45, 7) is 5.20. The molecule has 2 bridgehead atoms. The first kappa shape index (κ1) is 22.8. The van der Waals surface area contributed by atoms with Gasteiger partial charge in [-0.1, -0.05) is 48.5 Å². The van der Waals surface area contributed by atoms with Crippen LogP contribution < -0.4 is 5.32 Å². The first-order valence-corrected chi connectivity index (χ1v) is 12.8. The van der Waals surface area contributed by atoms with E-state index in [2.05, 4.69) is 5.32 Å². The summed E-state index contributed by atoms with van der Waals surface area (Å²) in [5.74, 6) is 0.305. The largest absolute Gasteiger partial charge is 0.454 e. The summed E-state index contributed by atoms with van der Waals surface area (Å²) < 4.78 is 6.93. The zero-order chi connectivity index (χ0) is 23.5. The van der Waals surface area contributed by atoms with Crippen molar-refractivity contribution >= 4 is 28.8 Å². The standard InChI is InChI=1S/C28H31N2O3S/c1-20-12-13-26(34-20)27(29-23-10-6-3-7-11-23)28(32)33-25-19-30(16-14-22(25)15-17-30)18-24(31)21-8-4-2-5-9-21/h2-13,22,25,27,29H,14-19H2,1H3/q+1/t22?,25-,27?,30?/m0/s1. The number of Topliss-reactive ketones (excluding diaryl/α,β-unsaturated/α-hetero) is 1. The third-order valence-electron chi connectivity index (χ3n) is 7.25. The molecule has 1 N–H and O–H groups in total. The minimum atomic E-state index is -0.545. The first-order valence-electron chi connectivity index (χ1n) is 12.0. The second-order valence-corrected chi connectivity index (χ2v) is 10.9. The van der Waals surface area contributed by atoms with E-state index in [-0.39, 0.29) is 17.9 Å². The highest BCUT2D eigenvalue weighted by atomic mass is 32.1. The number of benzene rings is 2. The number of hydrogen-bond donors (Lipinski definition) is 1. The molecule has 34 heavy (non-hydrogen) atoms. The van der Waals surface area contributed by atoms with Crippen LogP contribution in [0.2, 0.25) is 0 Å². The Morgan fingerprint density at radius 1 is 1.00 bits per heavy atom. The monoisotopic (exact) mass is 475 g/mol. The SMILES string of the molecule is Cc1ccc(C(Nc2ccccc2)C(=O)O[C@H]2C[N+]3(CC(=O)c4ccccc4)CCC2CC3)s1. The molecule has 1 unspecified atom stereocenters. The Kier molecular flexibility index (Phi) is 6.53. The predicted octanol–water partition coefficient (Wildman–Crippen LogP) is 5.24. The number of esters is 1. The Bertz CT molecular complexity index is 1140. The summed E-state index contributed by atoms with van der Waals surface area (Å²) in [5, 5.41) is 3.38. The van der Waals surface area contributed by atoms with Crippen LogP contribution in [0, 0.1) is 12.8 Å². The molecule has 2 atom stereocenters. The van der Waals surface area contributed by atoms with Gasteiger partial charge >= 0.3 is 5.97 Å². The number of fused-ring (bicyclic) bond motifs is 3. The molecule has 0 aliphatic carbocycles. The van der Waals surface area contributed by atoms with Crippen molar-refractivity contribution in [1.29, 1.82) is 0 Å². The summed E-state index contributed by atoms with van der Waals surface area (Å²) in [5.41, 5.74) is 1.65. The van der Waals surface area contributed by atoms with Gasteiger partial charge < -0.3 is 14.5 Å². The Hall–Kier alpha value is -2.96. The molecule has 0 spiro atoms. The summed E-state index contributed by atoms with van der Waals surface area (Å²) >= 11 is 1.61. The minimum absolute atomic E-state index is 0.153. The predicted molar refractivity (Wildman–Crippen MR) is 135 cm³/mol. The van der Waals surface area contributed by atoms with Crippen molar-refractivity contribution in [2.24, 2.45) is 5.92 Å². The van der Waals surface area contributed by atoms with Gasteiger partial charge in [0.25, 0.3) is 0 Å². The van der Waals surface area contributed by atoms with E-state index >= 15 is 0 Å². The Balaban J connectivity index is 1.31. The molecule has 5 nitrogen and oxygen atoms in total. The van der Waals surface area contributed by atoms with Gasteiger partial charge in [0, 0.05) is 39.8 Å². The van der Waals surface area contributed by atoms with E-state index < -0.39 is 6.04 Å². The average Bonchev–Trinajstić information content (AvgIpc) is 3.30. The number of ketones is 1. The van der Waals surface area contributed by atoms with Gasteiger partial charge in [-0.3, -0.25) is 4.79 Å². The number of quaternary nitrogens is 1. The molecule has 3 saturated heterocycles. The Morgan fingerprint density at radius 2 is 1.68 bits per heavy atom. The molecule has 2 aromatic carbocycles. The number of hydrogen-bond acceptors (Lipinski definition) is 5. The first-order chi connectivity index (χ1) is 16.5. The van der Waals surface area contributed by atoms with Gasteiger partial charge in [0.05, 0.1) is 13.1 Å². The molecule has 6 heteroatoms. The van der Waals surface area contributed by atoms with Crippen LogP contribution >= 0.6 is 11.3 Å². The number of nitrogens with one attached hydrogen (secondary N) is 1. The topological polar surface area (TPSA) is 55.4 Å². The molecular weight excluding hydrogens is 444 g/mol. The van der Waals surface area contributed by atoms with E-state index in [1.54, 1.807) is 11.3 Å². The third-order valence-corrected chi connectivity index (χ3v) is 8.32. The lowest BCUT2D eigenvalue weighted by Crippen LogP contribution is -2.65. The van der Waals surface area contributed by atoms with E-state index in [0.717, 1.165) is 58.0 Å². The molecule has 3 aromatic rings. The summed E-state index contributed by atoms with van der Waals surface area (Å²) in [7, 11) is 0. The Labute approximate surface area is 205 Å². The van der Waals surface area contributed by atoms with Crippen molar-refractivity contribution < 1.29 is 18.8 Å². The highest BCUT2D eigenvalue weighted by Crippen LogP contribution is 2.37. The molecule has 3 aliphatic rings. The molecular formula is C28H31N2O3S+. The molecule has 4 heterocycles. The van der Waals surface area contributed by atoms with Crippen molar-refractivity contribution in [3.8, 4) is 0 Å². The number of piperidine rings is 3. The van der Waals surface area contributed by atoms with Crippen molar-refractivity contribution in [3.63, 3.8) is 0 Å². The van der Waals surface area contributed by atoms with E-state index in [1.807, 2.05) is 79.7 Å². The van der Waals surface area contributed by atoms with Crippen LogP contribution in [0.15, 0.2) is 72.8 Å². The van der Waals surface area contributed by atoms with Gasteiger partial charge in [0.15, 0.2) is 12.1 Å². The maximum absolute atomic E-state index is 13.5. The third kappa shape index (κ3) is 4.93. The van der Waals surface area contributed by atoms with Crippen molar-refractivity contribution in [2.45, 2.75) is 31.9 Å². The van der Waals surface area contributed by atoms with Gasteiger partial charge in [-0.05, 0) is 31.2 Å². The van der Waals surface area contributed by atoms with Crippen LogP contribution in [0.5, 0.6) is 0 Å². The molecule has 0 radical (unpaired) electrons. The van der Waals surface area contributed by atoms with E-state index in [4.69, 9.17) is 4.74 Å². The van der Waals surface area contributed by atoms with Crippen LogP contribution in [0.3, 0.4) is 0 Å². The highest BCUT2D eigenvalue weighted by Gasteiger charge is 2.49. The maximum atomic E-state index is 13.5. The molecule has 0 saturated carbocycles. The quantitative estimate of drug-likeness (QED) is 0.275. The number of carbonyl (C=O) groups excluding carboxylic acids is 2. The van der Waals surface area contributed by atoms with Gasteiger partial charge in [0.1, 0.15) is 13.1 Å². The zero-order valence-corrected chi connectivity index (χ0v) is 20.3. The lowest BCUT2D eigenvalue weighted by atomic mass is 9.82. The smallest absolute Gasteiger partial charge is 0.334 e. The van der Waals surface area contributed by atoms with E-state index in [1.165, 1.54) is 0 Å². The molecule has 3 aliphatic heterocycles. The number of nitrogens with zero attached hydrogens (tertiary/aromatic N) is 1. The number of thiophene rings is 1. The number of para-hydroxylation sites is 1. The van der Waals surface area contributed by atoms with Crippen LogP contribution in [-0.4, -0.2) is 48.5 Å². The zero-order valence-electron chi connectivity index (χ0n) is 19.5. The minimum Gasteiger partial charge on any atom is -0.454 e. The highest BCUT2D eigenvalue weighted by molar-refractivity contribution is 7.12. The van der Waals surface area contributed by atoms with Crippen molar-refractivity contribution in [3.05, 3.63) is 88.1 Å². The van der Waals surface area contributed by atoms with Gasteiger partial charge in [-0.25, -0.2) is 4.79 Å². The summed E-state index contributed by atoms with van der Waals surface area (Å²) in [6.07, 6.45) is 1.84. The lowest BCUT2D eigenvalue weighted by Gasteiger charge is -2.51. The van der Waals surface area contributed by atoms with Crippen LogP contribution in [0.4, 0.5) is 5.69 Å². The van der Waals surface area contributed by atoms with Crippen molar-refractivity contribution in [2.75, 3.05) is 31.5 Å². The summed E-state index contributed by atoms with van der Waals surface area (Å²) in [4.78, 5) is 28.6. The molecule has 0 amide bonds. The number of ether oxygens (including phenoxy) is 1. The van der Waals surface area contributed by atoms with Gasteiger partial charge in [-0.2, -0.15) is 0 Å². The lowest BCUT2D eigenvalue weighted by molar-refractivity contribution is -0.938. The second kappa shape index (κ2) is 9.72. The average molecular weight is 476 g/mol. The van der Waals surface area contributed by atoms with Crippen LogP contribution in [0.1, 0.15) is 39.0 Å². The van der Waals surface area contributed by atoms with E-state index in [0.29, 0.717) is 12.5 Å². The maximum Gasteiger partial charge on any atom is 0.334 e. The van der Waals surface area contributed by atoms with Crippen molar-refractivity contribution in [1.82, 2.24) is 0 Å². The molecule has 1 aromatic heterocycles. The van der Waals surface area contributed by atoms with Crippen LogP contribution in [-0.2, 0) is 9.53 Å². The number of aryl methyl sites for hydroxylation is 1. The number of anilines is 1. The Morgan fingerprint density at radius 3 is 2.32 bits per heavy atom. The fourth-order valence-electron chi connectivity index (χ4n) is 5.37. The number of carbonyl (C=O) groups is 2. The van der Waals surface area contributed by atoms with Crippen LogP contribution in [0.25, 0.3) is 0 Å². The normalized spacial score (nSPS) is 24.4. The molecule has 6 rings (SSSR count). The fraction of sp³-hybridized carbons (Fsp3) is 0.357. The second-order valence-electron chi connectivity index (χ2n) is 9.62. The van der Waals surface area contributed by atoms with E-state index in [9.17, 15) is 9.59 Å². The fourth-order valence-corrected chi connectivity index (χ4v) is 6.29. The number of rotatable bonds is 8. The molecule has 176 valence electrons. The van der Waals surface area contributed by atoms with Gasteiger partial charge in [-0.15, -0.1) is 11.3 Å². The van der Waals surface area contributed by atoms with Gasteiger partial charge in [0.2, 0.25) is 5.78 Å². The molecule has 3 fully saturated rings.